The smallest absolute Gasteiger partial charge is 0.264 e. The normalized spacial score (nSPS) is 17.8. The lowest BCUT2D eigenvalue weighted by Crippen LogP contribution is -2.48. The van der Waals surface area contributed by atoms with Crippen molar-refractivity contribution < 1.29 is 14.3 Å². The average Bonchev–Trinajstić information content (AvgIpc) is 3.10. The van der Waals surface area contributed by atoms with Gasteiger partial charge in [0.25, 0.3) is 5.91 Å². The van der Waals surface area contributed by atoms with Crippen LogP contribution in [0.5, 0.6) is 11.5 Å². The number of nitrogens with zero attached hydrogens (tertiary/aromatic N) is 1. The maximum absolute atomic E-state index is 12.9. The highest BCUT2D eigenvalue weighted by molar-refractivity contribution is 7.12. The van der Waals surface area contributed by atoms with Crippen LogP contribution in [0.3, 0.4) is 0 Å². The minimum Gasteiger partial charge on any atom is -0.496 e. The number of piperazine rings is 1. The Bertz CT molecular complexity index is 686. The first kappa shape index (κ1) is 15.8. The molecular formula is C17H20N2O3S. The predicted octanol–water partition coefficient (Wildman–Crippen LogP) is 2.55. The molecule has 3 rings (SSSR count). The number of carbonyl (C=O) groups is 1. The minimum atomic E-state index is -0.0412. The maximum Gasteiger partial charge on any atom is 0.264 e. The fraction of sp³-hybridized carbons (Fsp3) is 0.353. The Morgan fingerprint density at radius 3 is 2.87 bits per heavy atom. The summed E-state index contributed by atoms with van der Waals surface area (Å²) in [6, 6.07) is 9.62. The van der Waals surface area contributed by atoms with Crippen molar-refractivity contribution in [2.75, 3.05) is 33.9 Å². The molecule has 0 saturated carbocycles. The van der Waals surface area contributed by atoms with Crippen LogP contribution in [0.4, 0.5) is 0 Å². The molecule has 2 aromatic rings. The van der Waals surface area contributed by atoms with Crippen LogP contribution >= 0.6 is 11.3 Å². The molecule has 1 atom stereocenters. The van der Waals surface area contributed by atoms with Crippen molar-refractivity contribution in [2.45, 2.75) is 6.04 Å². The Labute approximate surface area is 139 Å². The third-order valence-corrected chi connectivity index (χ3v) is 4.92. The number of hydrogen-bond donors (Lipinski definition) is 1. The second-order valence-corrected chi connectivity index (χ2v) is 6.22. The number of carbonyl (C=O) groups excluding carboxylic acids is 1. The number of benzene rings is 1. The molecule has 1 saturated heterocycles. The zero-order valence-corrected chi connectivity index (χ0v) is 14.1. The van der Waals surface area contributed by atoms with E-state index in [2.05, 4.69) is 5.32 Å². The van der Waals surface area contributed by atoms with Crippen LogP contribution in [-0.4, -0.2) is 44.7 Å². The summed E-state index contributed by atoms with van der Waals surface area (Å²) in [5, 5.41) is 5.22. The van der Waals surface area contributed by atoms with E-state index < -0.39 is 0 Å². The molecule has 122 valence electrons. The van der Waals surface area contributed by atoms with Gasteiger partial charge in [0.1, 0.15) is 11.5 Å². The molecule has 23 heavy (non-hydrogen) atoms. The SMILES string of the molecule is COc1csc(C(=O)N2CCNCC2c2ccccc2OC)c1. The Morgan fingerprint density at radius 2 is 2.13 bits per heavy atom. The van der Waals surface area contributed by atoms with Gasteiger partial charge in [0.15, 0.2) is 0 Å². The molecule has 0 spiro atoms. The van der Waals surface area contributed by atoms with Crippen LogP contribution < -0.4 is 14.8 Å². The molecule has 1 aliphatic heterocycles. The average molecular weight is 332 g/mol. The lowest BCUT2D eigenvalue weighted by Gasteiger charge is -2.36. The van der Waals surface area contributed by atoms with Gasteiger partial charge in [-0.2, -0.15) is 0 Å². The zero-order chi connectivity index (χ0) is 16.2. The van der Waals surface area contributed by atoms with Gasteiger partial charge in [0.05, 0.1) is 25.1 Å². The van der Waals surface area contributed by atoms with E-state index in [1.54, 1.807) is 20.3 Å². The highest BCUT2D eigenvalue weighted by atomic mass is 32.1. The van der Waals surface area contributed by atoms with Crippen molar-refractivity contribution in [1.82, 2.24) is 10.2 Å². The molecule has 1 aromatic heterocycles. The highest BCUT2D eigenvalue weighted by Crippen LogP contribution is 2.32. The molecular weight excluding hydrogens is 312 g/mol. The largest absolute Gasteiger partial charge is 0.496 e. The van der Waals surface area contributed by atoms with Crippen LogP contribution in [-0.2, 0) is 0 Å². The molecule has 1 amide bonds. The van der Waals surface area contributed by atoms with Crippen LogP contribution in [0.1, 0.15) is 21.3 Å². The van der Waals surface area contributed by atoms with Crippen LogP contribution in [0.2, 0.25) is 0 Å². The molecule has 0 bridgehead atoms. The van der Waals surface area contributed by atoms with Crippen molar-refractivity contribution in [3.05, 3.63) is 46.2 Å². The molecule has 1 aromatic carbocycles. The molecule has 2 heterocycles. The third-order valence-electron chi connectivity index (χ3n) is 4.02. The second-order valence-electron chi connectivity index (χ2n) is 5.31. The molecule has 1 aliphatic rings. The molecule has 0 radical (unpaired) electrons. The Kier molecular flexibility index (Phi) is 4.83. The fourth-order valence-corrected chi connectivity index (χ4v) is 3.66. The summed E-state index contributed by atoms with van der Waals surface area (Å²) >= 11 is 1.42. The van der Waals surface area contributed by atoms with E-state index in [4.69, 9.17) is 9.47 Å². The Hall–Kier alpha value is -2.05. The second kappa shape index (κ2) is 7.02. The topological polar surface area (TPSA) is 50.8 Å². The standard InChI is InChI=1S/C17H20N2O3S/c1-21-12-9-16(23-11-12)17(20)19-8-7-18-10-14(19)13-5-3-4-6-15(13)22-2/h3-6,9,11,14,18H,7-8,10H2,1-2H3. The van der Waals surface area contributed by atoms with E-state index in [-0.39, 0.29) is 11.9 Å². The van der Waals surface area contributed by atoms with Crippen molar-refractivity contribution in [2.24, 2.45) is 0 Å². The minimum absolute atomic E-state index is 0.0377. The summed E-state index contributed by atoms with van der Waals surface area (Å²) in [7, 11) is 3.27. The van der Waals surface area contributed by atoms with Crippen LogP contribution in [0, 0.1) is 0 Å². The van der Waals surface area contributed by atoms with Gasteiger partial charge < -0.3 is 19.7 Å². The van der Waals surface area contributed by atoms with Crippen molar-refractivity contribution in [1.29, 1.82) is 0 Å². The van der Waals surface area contributed by atoms with Crippen molar-refractivity contribution >= 4 is 17.2 Å². The number of amides is 1. The quantitative estimate of drug-likeness (QED) is 0.935. The van der Waals surface area contributed by atoms with Gasteiger partial charge in [-0.25, -0.2) is 0 Å². The number of nitrogens with one attached hydrogen (secondary N) is 1. The predicted molar refractivity (Wildman–Crippen MR) is 90.5 cm³/mol. The van der Waals surface area contributed by atoms with Gasteiger partial charge in [-0.1, -0.05) is 18.2 Å². The summed E-state index contributed by atoms with van der Waals surface area (Å²) in [4.78, 5) is 15.5. The molecule has 5 nitrogen and oxygen atoms in total. The number of para-hydroxylation sites is 1. The Morgan fingerprint density at radius 1 is 1.30 bits per heavy atom. The summed E-state index contributed by atoms with van der Waals surface area (Å²) in [6.07, 6.45) is 0. The number of rotatable bonds is 4. The molecule has 6 heteroatoms. The molecule has 1 N–H and O–H groups in total. The molecule has 1 fully saturated rings. The van der Waals surface area contributed by atoms with E-state index in [1.165, 1.54) is 11.3 Å². The first-order chi connectivity index (χ1) is 11.2. The third kappa shape index (κ3) is 3.18. The number of methoxy groups -OCH3 is 2. The Balaban J connectivity index is 1.90. The first-order valence-corrected chi connectivity index (χ1v) is 8.39. The summed E-state index contributed by atoms with van der Waals surface area (Å²) in [5.41, 5.74) is 1.03. The van der Waals surface area contributed by atoms with Gasteiger partial charge in [0.2, 0.25) is 0 Å². The van der Waals surface area contributed by atoms with Crippen LogP contribution in [0.25, 0.3) is 0 Å². The van der Waals surface area contributed by atoms with Crippen LogP contribution in [0.15, 0.2) is 35.7 Å². The monoisotopic (exact) mass is 332 g/mol. The van der Waals surface area contributed by atoms with Gasteiger partial charge in [-0.15, -0.1) is 11.3 Å². The van der Waals surface area contributed by atoms with Gasteiger partial charge in [0, 0.05) is 36.6 Å². The van der Waals surface area contributed by atoms with Crippen molar-refractivity contribution in [3.63, 3.8) is 0 Å². The van der Waals surface area contributed by atoms with Gasteiger partial charge in [-0.3, -0.25) is 4.79 Å². The lowest BCUT2D eigenvalue weighted by atomic mass is 10.0. The van der Waals surface area contributed by atoms with Gasteiger partial charge >= 0.3 is 0 Å². The zero-order valence-electron chi connectivity index (χ0n) is 13.2. The summed E-state index contributed by atoms with van der Waals surface area (Å²) in [6.45, 7) is 2.18. The van der Waals surface area contributed by atoms with E-state index >= 15 is 0 Å². The first-order valence-electron chi connectivity index (χ1n) is 7.51. The fourth-order valence-electron chi connectivity index (χ4n) is 2.85. The summed E-state index contributed by atoms with van der Waals surface area (Å²) in [5.74, 6) is 1.57. The number of ether oxygens (including phenoxy) is 2. The van der Waals surface area contributed by atoms with Gasteiger partial charge in [-0.05, 0) is 6.07 Å². The summed E-state index contributed by atoms with van der Waals surface area (Å²) < 4.78 is 10.7. The number of thiophene rings is 1. The lowest BCUT2D eigenvalue weighted by molar-refractivity contribution is 0.0636. The highest BCUT2D eigenvalue weighted by Gasteiger charge is 2.31. The number of hydrogen-bond acceptors (Lipinski definition) is 5. The van der Waals surface area contributed by atoms with E-state index in [1.807, 2.05) is 34.5 Å². The molecule has 1 unspecified atom stereocenters. The molecule has 0 aliphatic carbocycles. The maximum atomic E-state index is 12.9. The van der Waals surface area contributed by atoms with E-state index in [0.717, 1.165) is 23.6 Å². The van der Waals surface area contributed by atoms with E-state index in [0.29, 0.717) is 18.0 Å². The van der Waals surface area contributed by atoms with E-state index in [9.17, 15) is 4.79 Å². The van der Waals surface area contributed by atoms with Crippen molar-refractivity contribution in [3.8, 4) is 11.5 Å².